The van der Waals surface area contributed by atoms with E-state index in [4.69, 9.17) is 21.6 Å². The van der Waals surface area contributed by atoms with Crippen LogP contribution in [0.15, 0.2) is 42.5 Å². The van der Waals surface area contributed by atoms with Crippen LogP contribution in [-0.2, 0) is 6.42 Å². The van der Waals surface area contributed by atoms with Gasteiger partial charge < -0.3 is 0 Å². The van der Waals surface area contributed by atoms with E-state index in [-0.39, 0.29) is 5.15 Å². The van der Waals surface area contributed by atoms with Gasteiger partial charge in [-0.2, -0.15) is 5.10 Å². The first-order valence-corrected chi connectivity index (χ1v) is 13.8. The topological polar surface area (TPSA) is 67.3 Å². The molecular weight excluding hydrogens is 493 g/mol. The molecule has 2 bridgehead atoms. The number of nitrogens with zero attached hydrogens (tertiary/aromatic N) is 4. The third kappa shape index (κ3) is 3.71. The summed E-state index contributed by atoms with van der Waals surface area (Å²) in [5.74, 6) is 2.87. The molecule has 1 N–H and O–H groups in total. The predicted molar refractivity (Wildman–Crippen MR) is 143 cm³/mol. The smallest absolute Gasteiger partial charge is 0.183 e. The van der Waals surface area contributed by atoms with Crippen LogP contribution in [0.25, 0.3) is 43.2 Å². The minimum atomic E-state index is -0.584. The number of hydrogen-bond donors (Lipinski definition) is 1. The molecule has 4 heterocycles. The van der Waals surface area contributed by atoms with Crippen LogP contribution in [0.2, 0.25) is 5.15 Å². The zero-order valence-electron chi connectivity index (χ0n) is 19.8. The molecule has 5 aromatic rings. The molecule has 0 spiro atoms. The fraction of sp³-hybridized carbons (Fsp3) is 0.357. The van der Waals surface area contributed by atoms with Crippen molar-refractivity contribution in [3.05, 3.63) is 59.1 Å². The molecule has 3 aliphatic carbocycles. The maximum Gasteiger partial charge on any atom is 0.183 e. The van der Waals surface area contributed by atoms with Gasteiger partial charge in [-0.05, 0) is 85.4 Å². The monoisotopic (exact) mass is 517 g/mol. The number of hydrogen-bond acceptors (Lipinski definition) is 5. The maximum absolute atomic E-state index is 14.3. The lowest BCUT2D eigenvalue weighted by molar-refractivity contribution is 0.0339. The molecule has 0 saturated heterocycles. The molecule has 3 aliphatic rings. The van der Waals surface area contributed by atoms with Crippen molar-refractivity contribution in [1.82, 2.24) is 25.1 Å². The molecule has 36 heavy (non-hydrogen) atoms. The van der Waals surface area contributed by atoms with E-state index in [2.05, 4.69) is 58.5 Å². The van der Waals surface area contributed by atoms with Gasteiger partial charge in [0.25, 0.3) is 0 Å². The number of benzene rings is 1. The first-order valence-electron chi connectivity index (χ1n) is 12.6. The fourth-order valence-electron chi connectivity index (χ4n) is 6.49. The number of rotatable bonds is 4. The number of pyridine rings is 1. The second kappa shape index (κ2) is 8.60. The highest BCUT2D eigenvalue weighted by Crippen LogP contribution is 2.49. The zero-order chi connectivity index (χ0) is 24.4. The molecular formula is C28H25ClFN5S. The number of fused-ring (bicyclic) bond motifs is 5. The highest BCUT2D eigenvalue weighted by Gasteiger charge is 2.41. The Morgan fingerprint density at radius 1 is 1.03 bits per heavy atom. The van der Waals surface area contributed by atoms with Crippen molar-refractivity contribution >= 4 is 44.1 Å². The van der Waals surface area contributed by atoms with Gasteiger partial charge in [0.15, 0.2) is 22.4 Å². The summed E-state index contributed by atoms with van der Waals surface area (Å²) in [6.07, 6.45) is 6.33. The lowest BCUT2D eigenvalue weighted by atomic mass is 9.58. The Morgan fingerprint density at radius 3 is 2.64 bits per heavy atom. The van der Waals surface area contributed by atoms with Gasteiger partial charge in [0.1, 0.15) is 5.69 Å². The summed E-state index contributed by atoms with van der Waals surface area (Å²) in [5, 5.41) is 8.79. The standard InChI is InChI=1S/C28H25ClFN5S/c1-14-15-6-8-16(9-7-15)19(14)11-18-12-22(24-10-17-4-2-3-5-23(17)36-24)32-28(31-18)25-20-13-21(30)26(29)33-27(20)35-34-25/h2-5,10,12-16,19H,6-9,11H2,1H3,(H,33,34,35). The van der Waals surface area contributed by atoms with Crippen molar-refractivity contribution in [1.29, 1.82) is 0 Å². The van der Waals surface area contributed by atoms with E-state index in [1.807, 2.05) is 0 Å². The quantitative estimate of drug-likeness (QED) is 0.248. The average Bonchev–Trinajstić information content (AvgIpc) is 3.51. The van der Waals surface area contributed by atoms with Crippen molar-refractivity contribution in [2.75, 3.05) is 0 Å². The largest absolute Gasteiger partial charge is 0.272 e. The Labute approximate surface area is 217 Å². The highest BCUT2D eigenvalue weighted by atomic mass is 35.5. The Bertz CT molecular complexity index is 1570. The third-order valence-corrected chi connectivity index (χ3v) is 9.83. The van der Waals surface area contributed by atoms with E-state index in [1.165, 1.54) is 41.8 Å². The summed E-state index contributed by atoms with van der Waals surface area (Å²) in [6, 6.07) is 14.1. The van der Waals surface area contributed by atoms with Crippen molar-refractivity contribution in [2.45, 2.75) is 39.0 Å². The van der Waals surface area contributed by atoms with E-state index in [9.17, 15) is 4.39 Å². The van der Waals surface area contributed by atoms with E-state index in [1.54, 1.807) is 11.3 Å². The SMILES string of the molecule is CC1C2CCC(CC2)C1Cc1cc(-c2cc3ccccc3s2)nc(-c2[nH]nc3nc(Cl)c(F)cc23)n1. The molecule has 0 radical (unpaired) electrons. The van der Waals surface area contributed by atoms with Gasteiger partial charge in [0, 0.05) is 10.4 Å². The molecule has 2 unspecified atom stereocenters. The maximum atomic E-state index is 14.3. The van der Waals surface area contributed by atoms with Crippen molar-refractivity contribution in [3.63, 3.8) is 0 Å². The Kier molecular flexibility index (Phi) is 5.33. The van der Waals surface area contributed by atoms with Gasteiger partial charge in [0.2, 0.25) is 0 Å². The van der Waals surface area contributed by atoms with E-state index in [0.717, 1.165) is 34.5 Å². The number of halogens is 2. The van der Waals surface area contributed by atoms with Crippen molar-refractivity contribution in [2.24, 2.45) is 23.7 Å². The van der Waals surface area contributed by atoms with Crippen LogP contribution >= 0.6 is 22.9 Å². The summed E-state index contributed by atoms with van der Waals surface area (Å²) < 4.78 is 15.5. The van der Waals surface area contributed by atoms with Crippen LogP contribution in [-0.4, -0.2) is 25.1 Å². The third-order valence-electron chi connectivity index (χ3n) is 8.42. The van der Waals surface area contributed by atoms with Crippen LogP contribution < -0.4 is 0 Å². The van der Waals surface area contributed by atoms with Gasteiger partial charge in [-0.25, -0.2) is 19.3 Å². The molecule has 4 aromatic heterocycles. The normalized spacial score (nSPS) is 23.6. The molecule has 8 rings (SSSR count). The molecule has 0 aliphatic heterocycles. The second-order valence-corrected chi connectivity index (χ2v) is 11.8. The van der Waals surface area contributed by atoms with Crippen LogP contribution in [0.4, 0.5) is 4.39 Å². The molecule has 182 valence electrons. The Balaban J connectivity index is 1.36. The second-order valence-electron chi connectivity index (χ2n) is 10.3. The van der Waals surface area contributed by atoms with E-state index >= 15 is 0 Å². The van der Waals surface area contributed by atoms with Gasteiger partial charge >= 0.3 is 0 Å². The number of aromatic nitrogens is 5. The molecule has 8 heteroatoms. The molecule has 1 aromatic carbocycles. The summed E-state index contributed by atoms with van der Waals surface area (Å²) in [7, 11) is 0. The molecule has 0 amide bonds. The molecule has 3 saturated carbocycles. The summed E-state index contributed by atoms with van der Waals surface area (Å²) in [6.45, 7) is 2.43. The highest BCUT2D eigenvalue weighted by molar-refractivity contribution is 7.22. The number of H-pyrrole nitrogens is 1. The van der Waals surface area contributed by atoms with Crippen molar-refractivity contribution in [3.8, 4) is 22.1 Å². The first kappa shape index (κ1) is 22.3. The Hall–Kier alpha value is -2.90. The van der Waals surface area contributed by atoms with Crippen LogP contribution in [0.3, 0.4) is 0 Å². The summed E-state index contributed by atoms with van der Waals surface area (Å²) in [4.78, 5) is 15.1. The van der Waals surface area contributed by atoms with Gasteiger partial charge in [-0.15, -0.1) is 11.3 Å². The average molecular weight is 518 g/mol. The van der Waals surface area contributed by atoms with Crippen LogP contribution in [0, 0.1) is 29.5 Å². The van der Waals surface area contributed by atoms with E-state index < -0.39 is 5.82 Å². The molecule has 5 nitrogen and oxygen atoms in total. The summed E-state index contributed by atoms with van der Waals surface area (Å²) in [5.41, 5.74) is 2.83. The first-order chi connectivity index (χ1) is 17.5. The minimum absolute atomic E-state index is 0.192. The lowest BCUT2D eigenvalue weighted by Crippen LogP contribution is -2.39. The molecule has 2 atom stereocenters. The number of aromatic amines is 1. The van der Waals surface area contributed by atoms with Crippen molar-refractivity contribution < 1.29 is 4.39 Å². The van der Waals surface area contributed by atoms with Gasteiger partial charge in [0.05, 0.1) is 16.0 Å². The minimum Gasteiger partial charge on any atom is -0.272 e. The lowest BCUT2D eigenvalue weighted by Gasteiger charge is -2.47. The predicted octanol–water partition coefficient (Wildman–Crippen LogP) is 7.70. The van der Waals surface area contributed by atoms with Gasteiger partial charge in [-0.1, -0.05) is 36.7 Å². The summed E-state index contributed by atoms with van der Waals surface area (Å²) >= 11 is 7.62. The fourth-order valence-corrected chi connectivity index (χ4v) is 7.64. The number of nitrogens with one attached hydrogen (secondary N) is 1. The van der Waals surface area contributed by atoms with Crippen LogP contribution in [0.1, 0.15) is 38.3 Å². The number of thiophene rings is 1. The Morgan fingerprint density at radius 2 is 1.83 bits per heavy atom. The van der Waals surface area contributed by atoms with Gasteiger partial charge in [-0.3, -0.25) is 5.10 Å². The van der Waals surface area contributed by atoms with Crippen LogP contribution in [0.5, 0.6) is 0 Å². The zero-order valence-corrected chi connectivity index (χ0v) is 21.4. The molecule has 3 fully saturated rings. The van der Waals surface area contributed by atoms with E-state index in [0.29, 0.717) is 34.4 Å².